The molecular formula is C17H25NO5. The average molecular weight is 323 g/mol. The van der Waals surface area contributed by atoms with Crippen LogP contribution >= 0.6 is 0 Å². The Labute approximate surface area is 137 Å². The van der Waals surface area contributed by atoms with Gasteiger partial charge in [-0.05, 0) is 38.0 Å². The Kier molecular flexibility index (Phi) is 7.03. The van der Waals surface area contributed by atoms with Crippen LogP contribution in [0.25, 0.3) is 0 Å². The Morgan fingerprint density at radius 1 is 1.22 bits per heavy atom. The highest BCUT2D eigenvalue weighted by Crippen LogP contribution is 2.25. The molecule has 0 aliphatic heterocycles. The summed E-state index contributed by atoms with van der Waals surface area (Å²) < 4.78 is 15.5. The second-order valence-electron chi connectivity index (χ2n) is 5.29. The summed E-state index contributed by atoms with van der Waals surface area (Å²) in [6.45, 7) is 6.14. The number of anilines is 1. The van der Waals surface area contributed by atoms with Gasteiger partial charge in [0.05, 0.1) is 14.2 Å². The number of hydrogen-bond donors (Lipinski definition) is 1. The molecule has 1 atom stereocenters. The lowest BCUT2D eigenvalue weighted by Gasteiger charge is -2.27. The molecule has 0 radical (unpaired) electrons. The first kappa shape index (κ1) is 19.0. The Balaban J connectivity index is 2.99. The molecule has 23 heavy (non-hydrogen) atoms. The predicted molar refractivity (Wildman–Crippen MR) is 87.9 cm³/mol. The average Bonchev–Trinajstić information content (AvgIpc) is 2.58. The van der Waals surface area contributed by atoms with Crippen molar-refractivity contribution in [3.05, 3.63) is 23.8 Å². The molecule has 0 saturated carbocycles. The number of esters is 1. The van der Waals surface area contributed by atoms with E-state index in [1.807, 2.05) is 13.8 Å². The van der Waals surface area contributed by atoms with Gasteiger partial charge in [0.15, 0.2) is 0 Å². The Morgan fingerprint density at radius 2 is 1.91 bits per heavy atom. The zero-order valence-corrected chi connectivity index (χ0v) is 14.4. The number of benzene rings is 1. The maximum absolute atomic E-state index is 12.5. The topological polar surface area (TPSA) is 73.9 Å². The van der Waals surface area contributed by atoms with Gasteiger partial charge in [-0.3, -0.25) is 4.79 Å². The maximum Gasteiger partial charge on any atom is 0.341 e. The Morgan fingerprint density at radius 3 is 2.43 bits per heavy atom. The van der Waals surface area contributed by atoms with Crippen molar-refractivity contribution < 1.29 is 23.8 Å². The van der Waals surface area contributed by atoms with E-state index in [4.69, 9.17) is 14.2 Å². The van der Waals surface area contributed by atoms with Crippen molar-refractivity contribution >= 4 is 17.6 Å². The third kappa shape index (κ3) is 4.69. The van der Waals surface area contributed by atoms with Gasteiger partial charge in [0.1, 0.15) is 16.9 Å². The number of nitrogens with one attached hydrogen (secondary N) is 1. The van der Waals surface area contributed by atoms with Gasteiger partial charge < -0.3 is 19.5 Å². The van der Waals surface area contributed by atoms with Crippen LogP contribution in [-0.4, -0.2) is 38.3 Å². The summed E-state index contributed by atoms with van der Waals surface area (Å²) in [5, 5.41) is 2.79. The second-order valence-corrected chi connectivity index (χ2v) is 5.29. The van der Waals surface area contributed by atoms with Gasteiger partial charge in [0.2, 0.25) is 0 Å². The second kappa shape index (κ2) is 8.53. The van der Waals surface area contributed by atoms with Gasteiger partial charge in [-0.2, -0.15) is 0 Å². The van der Waals surface area contributed by atoms with Crippen molar-refractivity contribution in [1.82, 2.24) is 0 Å². The van der Waals surface area contributed by atoms with E-state index < -0.39 is 11.6 Å². The first-order chi connectivity index (χ1) is 10.9. The monoisotopic (exact) mass is 323 g/mol. The van der Waals surface area contributed by atoms with Crippen molar-refractivity contribution in [2.45, 2.75) is 39.2 Å². The van der Waals surface area contributed by atoms with Gasteiger partial charge in [-0.1, -0.05) is 13.8 Å². The molecule has 0 spiro atoms. The lowest BCUT2D eigenvalue weighted by molar-refractivity contribution is -0.139. The molecule has 0 bridgehead atoms. The van der Waals surface area contributed by atoms with E-state index in [2.05, 4.69) is 5.32 Å². The van der Waals surface area contributed by atoms with Gasteiger partial charge in [-0.15, -0.1) is 0 Å². The van der Waals surface area contributed by atoms with Crippen LogP contribution in [0.5, 0.6) is 5.75 Å². The van der Waals surface area contributed by atoms with Crippen molar-refractivity contribution in [1.29, 1.82) is 0 Å². The van der Waals surface area contributed by atoms with Crippen molar-refractivity contribution in [3.63, 3.8) is 0 Å². The molecule has 1 N–H and O–H groups in total. The third-order valence-electron chi connectivity index (χ3n) is 3.64. The molecule has 0 heterocycles. The molecule has 128 valence electrons. The number of hydrogen-bond acceptors (Lipinski definition) is 5. The van der Waals surface area contributed by atoms with Crippen LogP contribution in [0.3, 0.4) is 0 Å². The number of carbonyl (C=O) groups excluding carboxylic acids is 2. The van der Waals surface area contributed by atoms with Crippen molar-refractivity contribution in [2.24, 2.45) is 0 Å². The zero-order chi connectivity index (χ0) is 17.5. The minimum Gasteiger partial charge on any atom is -0.496 e. The van der Waals surface area contributed by atoms with E-state index in [0.29, 0.717) is 24.5 Å². The van der Waals surface area contributed by atoms with E-state index in [-0.39, 0.29) is 11.5 Å². The smallest absolute Gasteiger partial charge is 0.341 e. The lowest BCUT2D eigenvalue weighted by Crippen LogP contribution is -2.42. The van der Waals surface area contributed by atoms with Crippen LogP contribution in [-0.2, 0) is 14.3 Å². The summed E-state index contributed by atoms with van der Waals surface area (Å²) in [6, 6.07) is 4.80. The highest BCUT2D eigenvalue weighted by atomic mass is 16.5. The van der Waals surface area contributed by atoms with Crippen LogP contribution < -0.4 is 10.1 Å². The number of methoxy groups -OCH3 is 2. The summed E-state index contributed by atoms with van der Waals surface area (Å²) in [4.78, 5) is 24.3. The SMILES string of the molecule is CCCO[C@@](C)(CC)C(=O)Nc1ccc(OC)c(C(=O)OC)c1. The van der Waals surface area contributed by atoms with Crippen molar-refractivity contribution in [3.8, 4) is 5.75 Å². The molecule has 1 amide bonds. The first-order valence-corrected chi connectivity index (χ1v) is 7.63. The molecule has 6 heteroatoms. The third-order valence-corrected chi connectivity index (χ3v) is 3.64. The summed E-state index contributed by atoms with van der Waals surface area (Å²) in [5.41, 5.74) is -0.182. The largest absolute Gasteiger partial charge is 0.496 e. The predicted octanol–water partition coefficient (Wildman–Crippen LogP) is 3.02. The van der Waals surface area contributed by atoms with E-state index in [9.17, 15) is 9.59 Å². The van der Waals surface area contributed by atoms with Crippen LogP contribution in [0.15, 0.2) is 18.2 Å². The highest BCUT2D eigenvalue weighted by Gasteiger charge is 2.32. The van der Waals surface area contributed by atoms with Gasteiger partial charge in [0.25, 0.3) is 5.91 Å². The van der Waals surface area contributed by atoms with E-state index >= 15 is 0 Å². The first-order valence-electron chi connectivity index (χ1n) is 7.63. The van der Waals surface area contributed by atoms with Crippen molar-refractivity contribution in [2.75, 3.05) is 26.1 Å². The standard InChI is InChI=1S/C17H25NO5/c1-6-10-23-17(3,7-2)16(20)18-12-8-9-14(21-4)13(11-12)15(19)22-5/h8-9,11H,6-7,10H2,1-5H3,(H,18,20)/t17-/m0/s1. The molecule has 0 aromatic heterocycles. The Bertz CT molecular complexity index is 558. The fourth-order valence-electron chi connectivity index (χ4n) is 1.97. The van der Waals surface area contributed by atoms with E-state index in [0.717, 1.165) is 6.42 Å². The molecule has 0 aliphatic rings. The normalized spacial score (nSPS) is 13.1. The number of ether oxygens (including phenoxy) is 3. The van der Waals surface area contributed by atoms with Crippen LogP contribution in [0.1, 0.15) is 44.0 Å². The summed E-state index contributed by atoms with van der Waals surface area (Å²) in [5.74, 6) is -0.400. The quantitative estimate of drug-likeness (QED) is 0.744. The zero-order valence-electron chi connectivity index (χ0n) is 14.4. The lowest BCUT2D eigenvalue weighted by atomic mass is 10.0. The number of rotatable bonds is 8. The number of amides is 1. The van der Waals surface area contributed by atoms with Crippen LogP contribution in [0.2, 0.25) is 0 Å². The van der Waals surface area contributed by atoms with Crippen LogP contribution in [0, 0.1) is 0 Å². The molecule has 1 aromatic carbocycles. The molecular weight excluding hydrogens is 298 g/mol. The molecule has 0 aliphatic carbocycles. The summed E-state index contributed by atoms with van der Waals surface area (Å²) in [6.07, 6.45) is 1.37. The summed E-state index contributed by atoms with van der Waals surface area (Å²) in [7, 11) is 2.76. The maximum atomic E-state index is 12.5. The summed E-state index contributed by atoms with van der Waals surface area (Å²) >= 11 is 0. The van der Waals surface area contributed by atoms with Gasteiger partial charge >= 0.3 is 5.97 Å². The van der Waals surface area contributed by atoms with Gasteiger partial charge in [0, 0.05) is 12.3 Å². The molecule has 0 fully saturated rings. The minimum absolute atomic E-state index is 0.250. The Hall–Kier alpha value is -2.08. The number of carbonyl (C=O) groups is 2. The van der Waals surface area contributed by atoms with E-state index in [1.165, 1.54) is 20.3 Å². The fraction of sp³-hybridized carbons (Fsp3) is 0.529. The molecule has 0 unspecified atom stereocenters. The fourth-order valence-corrected chi connectivity index (χ4v) is 1.97. The van der Waals surface area contributed by atoms with Crippen LogP contribution in [0.4, 0.5) is 5.69 Å². The molecule has 1 rings (SSSR count). The highest BCUT2D eigenvalue weighted by molar-refractivity contribution is 5.99. The molecule has 6 nitrogen and oxygen atoms in total. The molecule has 0 saturated heterocycles. The van der Waals surface area contributed by atoms with Gasteiger partial charge in [-0.25, -0.2) is 4.79 Å². The minimum atomic E-state index is -0.915. The molecule has 1 aromatic rings. The van der Waals surface area contributed by atoms with E-state index in [1.54, 1.807) is 19.1 Å².